The van der Waals surface area contributed by atoms with Crippen LogP contribution in [0.4, 0.5) is 0 Å². The number of ether oxygens (including phenoxy) is 2. The van der Waals surface area contributed by atoms with E-state index >= 15 is 0 Å². The number of furan rings is 1. The summed E-state index contributed by atoms with van der Waals surface area (Å²) >= 11 is 0. The van der Waals surface area contributed by atoms with Crippen molar-refractivity contribution in [2.45, 2.75) is 20.5 Å². The number of esters is 2. The Morgan fingerprint density at radius 2 is 1.77 bits per heavy atom. The van der Waals surface area contributed by atoms with E-state index in [9.17, 15) is 9.59 Å². The van der Waals surface area contributed by atoms with Gasteiger partial charge in [0.2, 0.25) is 5.89 Å². The third kappa shape index (κ3) is 3.51. The van der Waals surface area contributed by atoms with Crippen molar-refractivity contribution in [3.05, 3.63) is 64.9 Å². The van der Waals surface area contributed by atoms with E-state index in [2.05, 4.69) is 9.72 Å². The zero-order chi connectivity index (χ0) is 18.7. The van der Waals surface area contributed by atoms with Gasteiger partial charge in [-0.3, -0.25) is 0 Å². The zero-order valence-electron chi connectivity index (χ0n) is 14.6. The maximum atomic E-state index is 12.3. The van der Waals surface area contributed by atoms with Crippen molar-refractivity contribution in [2.24, 2.45) is 0 Å². The fourth-order valence-electron chi connectivity index (χ4n) is 2.42. The number of aromatic nitrogens is 1. The van der Waals surface area contributed by atoms with Gasteiger partial charge in [-0.05, 0) is 32.0 Å². The first-order valence-electron chi connectivity index (χ1n) is 7.87. The van der Waals surface area contributed by atoms with E-state index in [1.807, 2.05) is 30.3 Å². The Morgan fingerprint density at radius 3 is 2.46 bits per heavy atom. The fourth-order valence-corrected chi connectivity index (χ4v) is 2.42. The Morgan fingerprint density at radius 1 is 1.04 bits per heavy atom. The Balaban J connectivity index is 1.71. The molecule has 0 fully saturated rings. The van der Waals surface area contributed by atoms with Gasteiger partial charge in [-0.1, -0.05) is 18.2 Å². The Kier molecular flexibility index (Phi) is 4.88. The van der Waals surface area contributed by atoms with Gasteiger partial charge in [-0.25, -0.2) is 14.6 Å². The van der Waals surface area contributed by atoms with Crippen LogP contribution in [0.15, 0.2) is 45.2 Å². The van der Waals surface area contributed by atoms with Gasteiger partial charge in [0.15, 0.2) is 5.69 Å². The quantitative estimate of drug-likeness (QED) is 0.644. The van der Waals surface area contributed by atoms with Crippen molar-refractivity contribution in [1.29, 1.82) is 0 Å². The molecule has 0 unspecified atom stereocenters. The molecule has 0 spiro atoms. The molecule has 0 radical (unpaired) electrons. The van der Waals surface area contributed by atoms with Crippen LogP contribution >= 0.6 is 0 Å². The highest BCUT2D eigenvalue weighted by molar-refractivity contribution is 5.90. The van der Waals surface area contributed by atoms with Crippen LogP contribution in [-0.4, -0.2) is 24.0 Å². The van der Waals surface area contributed by atoms with E-state index in [4.69, 9.17) is 13.6 Å². The molecule has 0 aliphatic carbocycles. The van der Waals surface area contributed by atoms with Gasteiger partial charge in [-0.15, -0.1) is 0 Å². The smallest absolute Gasteiger partial charge is 0.361 e. The predicted octanol–water partition coefficient (Wildman–Crippen LogP) is 3.70. The number of benzene rings is 1. The van der Waals surface area contributed by atoms with Gasteiger partial charge in [0.1, 0.15) is 29.5 Å². The number of methoxy groups -OCH3 is 1. The molecular formula is C19H17NO6. The Hall–Kier alpha value is -3.35. The van der Waals surface area contributed by atoms with Gasteiger partial charge in [0.05, 0.1) is 7.11 Å². The third-order valence-corrected chi connectivity index (χ3v) is 3.73. The third-order valence-electron chi connectivity index (χ3n) is 3.73. The number of carbonyl (C=O) groups is 2. The highest BCUT2D eigenvalue weighted by Gasteiger charge is 2.21. The lowest BCUT2D eigenvalue weighted by Crippen LogP contribution is -2.07. The number of nitrogens with zero attached hydrogens (tertiary/aromatic N) is 1. The van der Waals surface area contributed by atoms with Gasteiger partial charge in [0.25, 0.3) is 0 Å². The zero-order valence-corrected chi connectivity index (χ0v) is 14.6. The van der Waals surface area contributed by atoms with Crippen LogP contribution < -0.4 is 0 Å². The van der Waals surface area contributed by atoms with Crippen molar-refractivity contribution in [3.63, 3.8) is 0 Å². The van der Waals surface area contributed by atoms with E-state index in [0.717, 1.165) is 5.56 Å². The molecule has 0 aliphatic heterocycles. The lowest BCUT2D eigenvalue weighted by molar-refractivity contribution is 0.0435. The summed E-state index contributed by atoms with van der Waals surface area (Å²) in [6.07, 6.45) is 0. The van der Waals surface area contributed by atoms with E-state index in [-0.39, 0.29) is 12.3 Å². The summed E-state index contributed by atoms with van der Waals surface area (Å²) in [5, 5.41) is 0. The summed E-state index contributed by atoms with van der Waals surface area (Å²) in [5.74, 6) is 0.287. The first kappa shape index (κ1) is 17.5. The minimum absolute atomic E-state index is 0.0975. The van der Waals surface area contributed by atoms with Crippen molar-refractivity contribution in [1.82, 2.24) is 4.98 Å². The van der Waals surface area contributed by atoms with Crippen LogP contribution in [0.1, 0.15) is 38.1 Å². The Labute approximate surface area is 149 Å². The number of aryl methyl sites for hydroxylation is 2. The number of hydrogen-bond donors (Lipinski definition) is 0. The topological polar surface area (TPSA) is 91.8 Å². The summed E-state index contributed by atoms with van der Waals surface area (Å²) < 4.78 is 20.8. The summed E-state index contributed by atoms with van der Waals surface area (Å²) in [5.41, 5.74) is 1.15. The monoisotopic (exact) mass is 355 g/mol. The minimum Gasteiger partial charge on any atom is -0.465 e. The van der Waals surface area contributed by atoms with Crippen LogP contribution in [0.3, 0.4) is 0 Å². The molecule has 26 heavy (non-hydrogen) atoms. The highest BCUT2D eigenvalue weighted by atomic mass is 16.5. The van der Waals surface area contributed by atoms with Crippen molar-refractivity contribution < 1.29 is 27.9 Å². The lowest BCUT2D eigenvalue weighted by atomic mass is 10.2. The molecule has 1 aromatic carbocycles. The van der Waals surface area contributed by atoms with Gasteiger partial charge in [-0.2, -0.15) is 0 Å². The molecule has 0 saturated heterocycles. The average Bonchev–Trinajstić information content (AvgIpc) is 3.22. The lowest BCUT2D eigenvalue weighted by Gasteiger charge is -2.00. The second-order valence-electron chi connectivity index (χ2n) is 5.54. The standard InChI is InChI=1S/C19H17NO6/c1-11-15(18(21)23-3)9-14(25-11)10-24-19(22)16-12(2)26-17(20-16)13-7-5-4-6-8-13/h4-9H,10H2,1-3H3. The molecule has 2 heterocycles. The molecule has 3 rings (SSSR count). The molecule has 0 amide bonds. The van der Waals surface area contributed by atoms with Crippen LogP contribution in [-0.2, 0) is 16.1 Å². The molecule has 0 aliphatic rings. The molecule has 134 valence electrons. The van der Waals surface area contributed by atoms with Crippen molar-refractivity contribution in [2.75, 3.05) is 7.11 Å². The van der Waals surface area contributed by atoms with E-state index in [1.165, 1.54) is 13.2 Å². The van der Waals surface area contributed by atoms with Gasteiger partial charge in [0, 0.05) is 5.56 Å². The fraction of sp³-hybridized carbons (Fsp3) is 0.211. The molecule has 0 saturated carbocycles. The maximum absolute atomic E-state index is 12.3. The molecule has 3 aromatic rings. The molecule has 0 bridgehead atoms. The molecular weight excluding hydrogens is 338 g/mol. The molecule has 0 N–H and O–H groups in total. The van der Waals surface area contributed by atoms with Crippen LogP contribution in [0, 0.1) is 13.8 Å². The summed E-state index contributed by atoms with van der Waals surface area (Å²) in [6.45, 7) is 3.14. The predicted molar refractivity (Wildman–Crippen MR) is 90.6 cm³/mol. The van der Waals surface area contributed by atoms with Crippen molar-refractivity contribution in [3.8, 4) is 11.5 Å². The first-order valence-corrected chi connectivity index (χ1v) is 7.87. The number of carbonyl (C=O) groups excluding carboxylic acids is 2. The van der Waals surface area contributed by atoms with Crippen LogP contribution in [0.2, 0.25) is 0 Å². The van der Waals surface area contributed by atoms with Crippen LogP contribution in [0.5, 0.6) is 0 Å². The molecule has 0 atom stereocenters. The number of hydrogen-bond acceptors (Lipinski definition) is 7. The maximum Gasteiger partial charge on any atom is 0.361 e. The van der Waals surface area contributed by atoms with Crippen molar-refractivity contribution >= 4 is 11.9 Å². The second-order valence-corrected chi connectivity index (χ2v) is 5.54. The second kappa shape index (κ2) is 7.26. The van der Waals surface area contributed by atoms with Gasteiger partial charge >= 0.3 is 11.9 Å². The molecule has 7 heteroatoms. The number of oxazole rings is 1. The van der Waals surface area contributed by atoms with E-state index in [1.54, 1.807) is 13.8 Å². The first-order chi connectivity index (χ1) is 12.5. The molecule has 2 aromatic heterocycles. The van der Waals surface area contributed by atoms with Gasteiger partial charge < -0.3 is 18.3 Å². The van der Waals surface area contributed by atoms with E-state index in [0.29, 0.717) is 28.7 Å². The summed E-state index contributed by atoms with van der Waals surface area (Å²) in [6, 6.07) is 10.7. The highest BCUT2D eigenvalue weighted by Crippen LogP contribution is 2.22. The van der Waals surface area contributed by atoms with E-state index < -0.39 is 11.9 Å². The summed E-state index contributed by atoms with van der Waals surface area (Å²) in [4.78, 5) is 28.1. The average molecular weight is 355 g/mol. The number of rotatable bonds is 5. The van der Waals surface area contributed by atoms with Crippen LogP contribution in [0.25, 0.3) is 11.5 Å². The normalized spacial score (nSPS) is 10.6. The summed E-state index contributed by atoms with van der Waals surface area (Å²) in [7, 11) is 1.28. The minimum atomic E-state index is -0.637. The Bertz CT molecular complexity index is 938. The molecule has 7 nitrogen and oxygen atoms in total. The largest absolute Gasteiger partial charge is 0.465 e. The SMILES string of the molecule is COC(=O)c1cc(COC(=O)c2nc(-c3ccccc3)oc2C)oc1C.